The van der Waals surface area contributed by atoms with Crippen LogP contribution in [-0.4, -0.2) is 6.54 Å². The fourth-order valence-electron chi connectivity index (χ4n) is 2.20. The molecule has 0 heterocycles. The van der Waals surface area contributed by atoms with Crippen molar-refractivity contribution in [2.75, 3.05) is 6.54 Å². The Labute approximate surface area is 80.0 Å². The van der Waals surface area contributed by atoms with E-state index in [1.165, 1.54) is 18.4 Å². The summed E-state index contributed by atoms with van der Waals surface area (Å²) in [5.41, 5.74) is 7.64. The van der Waals surface area contributed by atoms with E-state index >= 15 is 0 Å². The first-order valence-corrected chi connectivity index (χ1v) is 5.05. The first-order chi connectivity index (χ1) is 6.29. The fourth-order valence-corrected chi connectivity index (χ4v) is 2.20. The maximum atomic E-state index is 5.74. The maximum absolute atomic E-state index is 5.74. The van der Waals surface area contributed by atoms with Gasteiger partial charge in [0, 0.05) is 0 Å². The van der Waals surface area contributed by atoms with Gasteiger partial charge in [0.15, 0.2) is 0 Å². The lowest BCUT2D eigenvalue weighted by atomic mass is 9.84. The van der Waals surface area contributed by atoms with Crippen molar-refractivity contribution in [3.63, 3.8) is 0 Å². The van der Waals surface area contributed by atoms with Crippen LogP contribution in [0.2, 0.25) is 0 Å². The zero-order chi connectivity index (χ0) is 9.31. The van der Waals surface area contributed by atoms with Crippen LogP contribution in [0.5, 0.6) is 0 Å². The van der Waals surface area contributed by atoms with Gasteiger partial charge in [-0.05, 0) is 36.3 Å². The van der Waals surface area contributed by atoms with E-state index in [0.29, 0.717) is 11.3 Å². The van der Waals surface area contributed by atoms with Crippen LogP contribution < -0.4 is 5.73 Å². The lowest BCUT2D eigenvalue weighted by Gasteiger charge is -2.22. The van der Waals surface area contributed by atoms with Gasteiger partial charge in [-0.25, -0.2) is 0 Å². The Morgan fingerprint density at radius 3 is 2.38 bits per heavy atom. The molecule has 70 valence electrons. The number of hydrogen-bond donors (Lipinski definition) is 1. The molecular weight excluding hydrogens is 158 g/mol. The lowest BCUT2D eigenvalue weighted by Crippen LogP contribution is -2.25. The second-order valence-electron chi connectivity index (χ2n) is 4.16. The van der Waals surface area contributed by atoms with Gasteiger partial charge in [-0.2, -0.15) is 0 Å². The number of rotatable bonds is 3. The minimum absolute atomic E-state index is 0.427. The van der Waals surface area contributed by atoms with Crippen LogP contribution in [0.25, 0.3) is 0 Å². The molecule has 0 spiro atoms. The van der Waals surface area contributed by atoms with Crippen LogP contribution in [0.15, 0.2) is 30.3 Å². The van der Waals surface area contributed by atoms with Gasteiger partial charge in [0.1, 0.15) is 0 Å². The molecule has 1 atom stereocenters. The predicted molar refractivity (Wildman–Crippen MR) is 55.6 cm³/mol. The molecule has 1 aliphatic rings. The monoisotopic (exact) mass is 175 g/mol. The molecule has 13 heavy (non-hydrogen) atoms. The van der Waals surface area contributed by atoms with E-state index in [2.05, 4.69) is 37.3 Å². The molecule has 1 aliphatic carbocycles. The van der Waals surface area contributed by atoms with Crippen molar-refractivity contribution in [3.05, 3.63) is 35.9 Å². The van der Waals surface area contributed by atoms with Gasteiger partial charge in [0.2, 0.25) is 0 Å². The van der Waals surface area contributed by atoms with Crippen LogP contribution in [0.4, 0.5) is 0 Å². The van der Waals surface area contributed by atoms with Crippen LogP contribution in [-0.2, 0) is 5.41 Å². The van der Waals surface area contributed by atoms with Crippen molar-refractivity contribution in [2.45, 2.75) is 25.2 Å². The first kappa shape index (κ1) is 8.76. The summed E-state index contributed by atoms with van der Waals surface area (Å²) < 4.78 is 0. The number of nitrogens with two attached hydrogens (primary N) is 1. The highest BCUT2D eigenvalue weighted by Crippen LogP contribution is 2.53. The van der Waals surface area contributed by atoms with Gasteiger partial charge in [-0.3, -0.25) is 0 Å². The molecular formula is C12H17N. The molecule has 1 aromatic rings. The Hall–Kier alpha value is -0.820. The van der Waals surface area contributed by atoms with Crippen molar-refractivity contribution >= 4 is 0 Å². The molecule has 0 bridgehead atoms. The van der Waals surface area contributed by atoms with E-state index in [4.69, 9.17) is 5.73 Å². The van der Waals surface area contributed by atoms with Crippen molar-refractivity contribution in [1.82, 2.24) is 0 Å². The van der Waals surface area contributed by atoms with Crippen LogP contribution >= 0.6 is 0 Å². The quantitative estimate of drug-likeness (QED) is 0.749. The SMILES string of the molecule is CC(CN)C1(c2ccccc2)CC1. The molecule has 0 saturated heterocycles. The van der Waals surface area contributed by atoms with E-state index in [1.54, 1.807) is 0 Å². The van der Waals surface area contributed by atoms with Gasteiger partial charge in [-0.1, -0.05) is 37.3 Å². The summed E-state index contributed by atoms with van der Waals surface area (Å²) in [5.74, 6) is 0.620. The highest BCUT2D eigenvalue weighted by Gasteiger charge is 2.47. The molecule has 1 fully saturated rings. The van der Waals surface area contributed by atoms with Crippen LogP contribution in [0.3, 0.4) is 0 Å². The maximum Gasteiger partial charge on any atom is -0.000875 e. The zero-order valence-corrected chi connectivity index (χ0v) is 8.16. The molecule has 2 N–H and O–H groups in total. The van der Waals surface area contributed by atoms with Gasteiger partial charge in [-0.15, -0.1) is 0 Å². The average Bonchev–Trinajstić information content (AvgIpc) is 2.99. The van der Waals surface area contributed by atoms with E-state index in [9.17, 15) is 0 Å². The summed E-state index contributed by atoms with van der Waals surface area (Å²) >= 11 is 0. The third-order valence-electron chi connectivity index (χ3n) is 3.43. The van der Waals surface area contributed by atoms with Crippen LogP contribution in [0.1, 0.15) is 25.3 Å². The second kappa shape index (κ2) is 3.15. The summed E-state index contributed by atoms with van der Waals surface area (Å²) in [5, 5.41) is 0. The van der Waals surface area contributed by atoms with E-state index in [-0.39, 0.29) is 0 Å². The minimum Gasteiger partial charge on any atom is -0.330 e. The molecule has 1 nitrogen and oxygen atoms in total. The van der Waals surface area contributed by atoms with Crippen molar-refractivity contribution in [1.29, 1.82) is 0 Å². The van der Waals surface area contributed by atoms with E-state index < -0.39 is 0 Å². The lowest BCUT2D eigenvalue weighted by molar-refractivity contribution is 0.450. The molecule has 1 unspecified atom stereocenters. The Bertz CT molecular complexity index is 274. The minimum atomic E-state index is 0.427. The third kappa shape index (κ3) is 1.37. The summed E-state index contributed by atoms with van der Waals surface area (Å²) in [6, 6.07) is 10.8. The molecule has 1 heteroatoms. The molecule has 0 aromatic heterocycles. The fraction of sp³-hybridized carbons (Fsp3) is 0.500. The van der Waals surface area contributed by atoms with Gasteiger partial charge < -0.3 is 5.73 Å². The van der Waals surface area contributed by atoms with Gasteiger partial charge >= 0.3 is 0 Å². The molecule has 2 rings (SSSR count). The Balaban J connectivity index is 2.26. The molecule has 0 aliphatic heterocycles. The van der Waals surface area contributed by atoms with Crippen molar-refractivity contribution < 1.29 is 0 Å². The first-order valence-electron chi connectivity index (χ1n) is 5.05. The van der Waals surface area contributed by atoms with Crippen molar-refractivity contribution in [3.8, 4) is 0 Å². The molecule has 1 aromatic carbocycles. The van der Waals surface area contributed by atoms with Crippen molar-refractivity contribution in [2.24, 2.45) is 11.7 Å². The standard InChI is InChI=1S/C12H17N/c1-10(9-13)12(7-8-12)11-5-3-2-4-6-11/h2-6,10H,7-9,13H2,1H3. The largest absolute Gasteiger partial charge is 0.330 e. The Morgan fingerprint density at radius 2 is 1.92 bits per heavy atom. The Morgan fingerprint density at radius 1 is 1.31 bits per heavy atom. The normalized spacial score (nSPS) is 21.1. The molecule has 0 radical (unpaired) electrons. The average molecular weight is 175 g/mol. The Kier molecular flexibility index (Phi) is 2.12. The van der Waals surface area contributed by atoms with E-state index in [1.807, 2.05) is 0 Å². The summed E-state index contributed by atoms with van der Waals surface area (Å²) in [7, 11) is 0. The topological polar surface area (TPSA) is 26.0 Å². The predicted octanol–water partition coefficient (Wildman–Crippen LogP) is 2.31. The van der Waals surface area contributed by atoms with Crippen LogP contribution in [0, 0.1) is 5.92 Å². The second-order valence-corrected chi connectivity index (χ2v) is 4.16. The van der Waals surface area contributed by atoms with Gasteiger partial charge in [0.05, 0.1) is 0 Å². The molecule has 0 amide bonds. The highest BCUT2D eigenvalue weighted by atomic mass is 14.6. The van der Waals surface area contributed by atoms with Gasteiger partial charge in [0.25, 0.3) is 0 Å². The zero-order valence-electron chi connectivity index (χ0n) is 8.16. The summed E-state index contributed by atoms with van der Waals surface area (Å²) in [6.07, 6.45) is 2.63. The number of hydrogen-bond acceptors (Lipinski definition) is 1. The number of benzene rings is 1. The third-order valence-corrected chi connectivity index (χ3v) is 3.43. The summed E-state index contributed by atoms with van der Waals surface area (Å²) in [4.78, 5) is 0. The summed E-state index contributed by atoms with van der Waals surface area (Å²) in [6.45, 7) is 3.06. The molecule has 1 saturated carbocycles. The smallest absolute Gasteiger partial charge is 0.000875 e. The highest BCUT2D eigenvalue weighted by molar-refractivity contribution is 5.32. The van der Waals surface area contributed by atoms with E-state index in [0.717, 1.165) is 6.54 Å².